The minimum absolute atomic E-state index is 0.162. The predicted octanol–water partition coefficient (Wildman–Crippen LogP) is 2.86. The Bertz CT molecular complexity index is 950. The first-order valence-corrected chi connectivity index (χ1v) is 8.53. The molecule has 0 fully saturated rings. The van der Waals surface area contributed by atoms with Crippen LogP contribution in [0.5, 0.6) is 0 Å². The molecule has 3 rings (SSSR count). The van der Waals surface area contributed by atoms with E-state index in [9.17, 15) is 9.59 Å². The smallest absolute Gasteiger partial charge is 0.319 e. The lowest BCUT2D eigenvalue weighted by molar-refractivity contribution is 0.0963. The zero-order chi connectivity index (χ0) is 19.2. The SMILES string of the molecule is CNC(=O)c1ccc(NC(=O)NCc2cnn(-c3ccccc3)c2)c(C)c1. The third-order valence-electron chi connectivity index (χ3n) is 4.07. The van der Waals surface area contributed by atoms with Crippen LogP contribution in [-0.2, 0) is 6.54 Å². The number of aryl methyl sites for hydroxylation is 1. The van der Waals surface area contributed by atoms with Crippen molar-refractivity contribution in [2.24, 2.45) is 0 Å². The summed E-state index contributed by atoms with van der Waals surface area (Å²) in [6.45, 7) is 2.19. The van der Waals surface area contributed by atoms with Crippen molar-refractivity contribution in [3.05, 3.63) is 77.6 Å². The van der Waals surface area contributed by atoms with Crippen LogP contribution in [0, 0.1) is 6.92 Å². The van der Waals surface area contributed by atoms with E-state index in [-0.39, 0.29) is 11.9 Å². The molecule has 2 aromatic carbocycles. The van der Waals surface area contributed by atoms with E-state index in [2.05, 4.69) is 21.0 Å². The van der Waals surface area contributed by atoms with Gasteiger partial charge >= 0.3 is 6.03 Å². The molecule has 0 atom stereocenters. The molecule has 0 unspecified atom stereocenters. The van der Waals surface area contributed by atoms with Crippen molar-refractivity contribution in [1.82, 2.24) is 20.4 Å². The molecule has 7 heteroatoms. The second kappa shape index (κ2) is 8.18. The number of rotatable bonds is 5. The Hall–Kier alpha value is -3.61. The molecule has 138 valence electrons. The van der Waals surface area contributed by atoms with Gasteiger partial charge in [0.2, 0.25) is 0 Å². The van der Waals surface area contributed by atoms with Crippen LogP contribution in [0.1, 0.15) is 21.5 Å². The van der Waals surface area contributed by atoms with Crippen LogP contribution >= 0.6 is 0 Å². The van der Waals surface area contributed by atoms with Gasteiger partial charge in [0, 0.05) is 36.6 Å². The first kappa shape index (κ1) is 18.2. The number of hydrogen-bond acceptors (Lipinski definition) is 3. The number of amides is 3. The molecule has 1 heterocycles. The Morgan fingerprint density at radius 2 is 1.89 bits per heavy atom. The summed E-state index contributed by atoms with van der Waals surface area (Å²) in [4.78, 5) is 23.8. The van der Waals surface area contributed by atoms with Gasteiger partial charge in [-0.25, -0.2) is 9.48 Å². The van der Waals surface area contributed by atoms with E-state index < -0.39 is 0 Å². The fraction of sp³-hybridized carbons (Fsp3) is 0.150. The Balaban J connectivity index is 1.57. The maximum atomic E-state index is 12.2. The third-order valence-corrected chi connectivity index (χ3v) is 4.07. The van der Waals surface area contributed by atoms with Crippen LogP contribution in [0.15, 0.2) is 60.9 Å². The summed E-state index contributed by atoms with van der Waals surface area (Å²) < 4.78 is 1.76. The molecule has 0 saturated heterocycles. The van der Waals surface area contributed by atoms with E-state index >= 15 is 0 Å². The molecule has 0 aliphatic rings. The highest BCUT2D eigenvalue weighted by molar-refractivity contribution is 5.96. The summed E-state index contributed by atoms with van der Waals surface area (Å²) in [5, 5.41) is 12.5. The lowest BCUT2D eigenvalue weighted by atomic mass is 10.1. The number of hydrogen-bond donors (Lipinski definition) is 3. The Labute approximate surface area is 157 Å². The van der Waals surface area contributed by atoms with Crippen LogP contribution < -0.4 is 16.0 Å². The molecule has 0 radical (unpaired) electrons. The molecule has 0 bridgehead atoms. The molecule has 3 N–H and O–H groups in total. The molecule has 27 heavy (non-hydrogen) atoms. The predicted molar refractivity (Wildman–Crippen MR) is 104 cm³/mol. The number of para-hydroxylation sites is 1. The quantitative estimate of drug-likeness (QED) is 0.651. The molecule has 0 spiro atoms. The molecule has 0 aliphatic carbocycles. The summed E-state index contributed by atoms with van der Waals surface area (Å²) in [5.41, 5.74) is 3.86. The first-order valence-electron chi connectivity index (χ1n) is 8.53. The van der Waals surface area contributed by atoms with Gasteiger partial charge in [0.25, 0.3) is 5.91 Å². The van der Waals surface area contributed by atoms with E-state index in [0.29, 0.717) is 17.8 Å². The largest absolute Gasteiger partial charge is 0.355 e. The summed E-state index contributed by atoms with van der Waals surface area (Å²) in [7, 11) is 1.58. The summed E-state index contributed by atoms with van der Waals surface area (Å²) in [5.74, 6) is -0.162. The first-order chi connectivity index (χ1) is 13.1. The molecule has 0 saturated carbocycles. The normalized spacial score (nSPS) is 10.3. The fourth-order valence-electron chi connectivity index (χ4n) is 2.61. The molecular formula is C20H21N5O2. The highest BCUT2D eigenvalue weighted by atomic mass is 16.2. The number of benzene rings is 2. The van der Waals surface area contributed by atoms with Crippen LogP contribution in [0.25, 0.3) is 5.69 Å². The molecule has 0 aliphatic heterocycles. The molecule has 3 aromatic rings. The number of carbonyl (C=O) groups is 2. The standard InChI is InChI=1S/C20H21N5O2/c1-14-10-16(19(26)21-2)8-9-18(14)24-20(27)22-11-15-12-23-25(13-15)17-6-4-3-5-7-17/h3-10,12-13H,11H2,1-2H3,(H,21,26)(H2,22,24,27). The van der Waals surface area contributed by atoms with Crippen LogP contribution in [0.4, 0.5) is 10.5 Å². The van der Waals surface area contributed by atoms with Crippen molar-refractivity contribution in [2.45, 2.75) is 13.5 Å². The molecule has 7 nitrogen and oxygen atoms in total. The average Bonchev–Trinajstić information content (AvgIpc) is 3.17. The second-order valence-corrected chi connectivity index (χ2v) is 6.05. The van der Waals surface area contributed by atoms with Gasteiger partial charge in [0.1, 0.15) is 0 Å². The number of carbonyl (C=O) groups excluding carboxylic acids is 2. The monoisotopic (exact) mass is 363 g/mol. The van der Waals surface area contributed by atoms with E-state index in [0.717, 1.165) is 16.8 Å². The van der Waals surface area contributed by atoms with Gasteiger partial charge in [-0.15, -0.1) is 0 Å². The van der Waals surface area contributed by atoms with E-state index in [1.807, 2.05) is 43.5 Å². The maximum absolute atomic E-state index is 12.2. The van der Waals surface area contributed by atoms with Crippen molar-refractivity contribution in [3.63, 3.8) is 0 Å². The van der Waals surface area contributed by atoms with Gasteiger partial charge in [-0.1, -0.05) is 18.2 Å². The minimum atomic E-state index is -0.321. The fourth-order valence-corrected chi connectivity index (χ4v) is 2.61. The lowest BCUT2D eigenvalue weighted by Gasteiger charge is -2.10. The van der Waals surface area contributed by atoms with Gasteiger partial charge in [0.15, 0.2) is 0 Å². The van der Waals surface area contributed by atoms with E-state index in [1.54, 1.807) is 36.1 Å². The van der Waals surface area contributed by atoms with Gasteiger partial charge in [-0.2, -0.15) is 5.10 Å². The highest BCUT2D eigenvalue weighted by Gasteiger charge is 2.09. The highest BCUT2D eigenvalue weighted by Crippen LogP contribution is 2.16. The Kier molecular flexibility index (Phi) is 5.51. The van der Waals surface area contributed by atoms with Gasteiger partial charge < -0.3 is 16.0 Å². The summed E-state index contributed by atoms with van der Waals surface area (Å²) in [6, 6.07) is 14.6. The number of aromatic nitrogens is 2. The molecule has 1 aromatic heterocycles. The summed E-state index contributed by atoms with van der Waals surface area (Å²) in [6.07, 6.45) is 3.59. The van der Waals surface area contributed by atoms with Crippen LogP contribution in [0.3, 0.4) is 0 Å². The van der Waals surface area contributed by atoms with Crippen molar-refractivity contribution in [3.8, 4) is 5.69 Å². The number of nitrogens with one attached hydrogen (secondary N) is 3. The second-order valence-electron chi connectivity index (χ2n) is 6.05. The van der Waals surface area contributed by atoms with Gasteiger partial charge in [-0.05, 0) is 42.8 Å². The molecular weight excluding hydrogens is 342 g/mol. The summed E-state index contributed by atoms with van der Waals surface area (Å²) >= 11 is 0. The van der Waals surface area contributed by atoms with Crippen molar-refractivity contribution in [1.29, 1.82) is 0 Å². The average molecular weight is 363 g/mol. The molecule has 3 amide bonds. The lowest BCUT2D eigenvalue weighted by Crippen LogP contribution is -2.28. The number of anilines is 1. The van der Waals surface area contributed by atoms with E-state index in [4.69, 9.17) is 0 Å². The van der Waals surface area contributed by atoms with Crippen molar-refractivity contribution < 1.29 is 9.59 Å². The van der Waals surface area contributed by atoms with Crippen LogP contribution in [0.2, 0.25) is 0 Å². The maximum Gasteiger partial charge on any atom is 0.319 e. The van der Waals surface area contributed by atoms with Gasteiger partial charge in [-0.3, -0.25) is 4.79 Å². The zero-order valence-corrected chi connectivity index (χ0v) is 15.2. The minimum Gasteiger partial charge on any atom is -0.355 e. The Morgan fingerprint density at radius 1 is 1.11 bits per heavy atom. The van der Waals surface area contributed by atoms with Gasteiger partial charge in [0.05, 0.1) is 11.9 Å². The van der Waals surface area contributed by atoms with E-state index in [1.165, 1.54) is 0 Å². The zero-order valence-electron chi connectivity index (χ0n) is 15.2. The number of urea groups is 1. The number of nitrogens with zero attached hydrogens (tertiary/aromatic N) is 2. The third kappa shape index (κ3) is 4.52. The van der Waals surface area contributed by atoms with Crippen molar-refractivity contribution >= 4 is 17.6 Å². The Morgan fingerprint density at radius 3 is 2.59 bits per heavy atom. The van der Waals surface area contributed by atoms with Crippen molar-refractivity contribution in [2.75, 3.05) is 12.4 Å². The topological polar surface area (TPSA) is 88.1 Å². The van der Waals surface area contributed by atoms with Crippen LogP contribution in [-0.4, -0.2) is 28.8 Å².